The molecule has 0 radical (unpaired) electrons. The van der Waals surface area contributed by atoms with Gasteiger partial charge < -0.3 is 24.4 Å². The lowest BCUT2D eigenvalue weighted by Gasteiger charge is -2.33. The van der Waals surface area contributed by atoms with Gasteiger partial charge in [-0.3, -0.25) is 0 Å². The summed E-state index contributed by atoms with van der Waals surface area (Å²) in [6.07, 6.45) is 0. The molecular weight excluding hydrogens is 599 g/mol. The highest BCUT2D eigenvalue weighted by atomic mass is 31.1. The van der Waals surface area contributed by atoms with Crippen molar-refractivity contribution in [3.8, 4) is 17.2 Å². The van der Waals surface area contributed by atoms with E-state index < -0.39 is 7.92 Å². The predicted molar refractivity (Wildman–Crippen MR) is 205 cm³/mol. The minimum absolute atomic E-state index is 0.158. The first-order valence-electron chi connectivity index (χ1n) is 17.0. The molecule has 3 aromatic carbocycles. The van der Waals surface area contributed by atoms with Crippen molar-refractivity contribution in [2.75, 3.05) is 54.5 Å². The number of rotatable bonds is 11. The highest BCUT2D eigenvalue weighted by Gasteiger charge is 2.35. The average Bonchev–Trinajstić information content (AvgIpc) is 2.90. The van der Waals surface area contributed by atoms with Crippen LogP contribution >= 0.6 is 7.92 Å². The fourth-order valence-electron chi connectivity index (χ4n) is 5.81. The number of aryl methyl sites for hydroxylation is 3. The molecule has 0 bridgehead atoms. The minimum atomic E-state index is -1.34. The molecule has 6 heteroatoms. The van der Waals surface area contributed by atoms with Gasteiger partial charge in [0.2, 0.25) is 0 Å². The Balaban J connectivity index is 2.61. The SMILES string of the molecule is Cc1cc(P(c2cc(C)cc(C(C)(C)C)c2OCCN(C)C)c2cc(C)cc(C(C)(C)C)c2OCCN(C)C)c(O)c(C(C)(C)C)c1. The zero-order valence-corrected chi connectivity index (χ0v) is 33.3. The number of benzene rings is 3. The molecule has 0 fully saturated rings. The van der Waals surface area contributed by atoms with Crippen molar-refractivity contribution in [2.45, 2.75) is 99.3 Å². The lowest BCUT2D eigenvalue weighted by Crippen LogP contribution is -2.31. The van der Waals surface area contributed by atoms with Crippen molar-refractivity contribution in [3.05, 3.63) is 69.8 Å². The van der Waals surface area contributed by atoms with E-state index in [9.17, 15) is 5.11 Å². The first kappa shape index (κ1) is 38.9. The number of phenols is 1. The molecule has 0 aliphatic carbocycles. The zero-order valence-electron chi connectivity index (χ0n) is 32.4. The average molecular weight is 663 g/mol. The molecule has 5 nitrogen and oxygen atoms in total. The first-order chi connectivity index (χ1) is 21.5. The molecule has 0 amide bonds. The summed E-state index contributed by atoms with van der Waals surface area (Å²) >= 11 is 0. The molecule has 0 aromatic heterocycles. The Morgan fingerprint density at radius 1 is 0.532 bits per heavy atom. The van der Waals surface area contributed by atoms with Gasteiger partial charge in [0.25, 0.3) is 0 Å². The van der Waals surface area contributed by atoms with Crippen molar-refractivity contribution in [1.82, 2.24) is 9.80 Å². The number of likely N-dealkylation sites (N-methyl/N-ethyl adjacent to an activating group) is 2. The fourth-order valence-corrected chi connectivity index (χ4v) is 8.69. The zero-order chi connectivity index (χ0) is 35.6. The molecule has 1 N–H and O–H groups in total. The van der Waals surface area contributed by atoms with Gasteiger partial charge in [0, 0.05) is 45.7 Å². The van der Waals surface area contributed by atoms with E-state index in [1.54, 1.807) is 0 Å². The van der Waals surface area contributed by atoms with Gasteiger partial charge in [0.15, 0.2) is 0 Å². The molecule has 0 unspecified atom stereocenters. The highest BCUT2D eigenvalue weighted by Crippen LogP contribution is 2.49. The molecular formula is C41H63N2O3P. The van der Waals surface area contributed by atoms with E-state index in [1.165, 1.54) is 22.3 Å². The molecule has 0 spiro atoms. The molecule has 260 valence electrons. The number of nitrogens with zero attached hydrogens (tertiary/aromatic N) is 2. The Kier molecular flexibility index (Phi) is 12.3. The summed E-state index contributed by atoms with van der Waals surface area (Å²) in [4.78, 5) is 4.31. The van der Waals surface area contributed by atoms with Crippen LogP contribution in [0, 0.1) is 20.8 Å². The maximum atomic E-state index is 12.3. The maximum Gasteiger partial charge on any atom is 0.131 e. The van der Waals surface area contributed by atoms with Gasteiger partial charge in [-0.25, -0.2) is 0 Å². The largest absolute Gasteiger partial charge is 0.507 e. The highest BCUT2D eigenvalue weighted by molar-refractivity contribution is 7.80. The number of phenolic OH excluding ortho intramolecular Hbond substituents is 1. The molecule has 0 heterocycles. The third kappa shape index (κ3) is 9.74. The van der Waals surface area contributed by atoms with Crippen molar-refractivity contribution in [2.24, 2.45) is 0 Å². The molecule has 0 aliphatic heterocycles. The normalized spacial score (nSPS) is 12.8. The second kappa shape index (κ2) is 14.9. The smallest absolute Gasteiger partial charge is 0.131 e. The molecule has 3 aromatic rings. The minimum Gasteiger partial charge on any atom is -0.507 e. The van der Waals surface area contributed by atoms with Crippen LogP contribution in [0.15, 0.2) is 36.4 Å². The Bertz CT molecular complexity index is 1460. The van der Waals surface area contributed by atoms with Gasteiger partial charge in [-0.1, -0.05) is 80.5 Å². The van der Waals surface area contributed by atoms with Crippen LogP contribution in [0.3, 0.4) is 0 Å². The third-order valence-electron chi connectivity index (χ3n) is 8.38. The summed E-state index contributed by atoms with van der Waals surface area (Å²) in [6, 6.07) is 13.5. The lowest BCUT2D eigenvalue weighted by atomic mass is 9.85. The van der Waals surface area contributed by atoms with Gasteiger partial charge in [-0.2, -0.15) is 0 Å². The molecule has 0 saturated heterocycles. The lowest BCUT2D eigenvalue weighted by molar-refractivity contribution is 0.258. The number of hydrogen-bond acceptors (Lipinski definition) is 5. The number of hydrogen-bond donors (Lipinski definition) is 1. The summed E-state index contributed by atoms with van der Waals surface area (Å²) in [6.45, 7) is 29.3. The van der Waals surface area contributed by atoms with Crippen LogP contribution in [-0.4, -0.2) is 69.4 Å². The van der Waals surface area contributed by atoms with Crippen LogP contribution in [-0.2, 0) is 16.2 Å². The fraction of sp³-hybridized carbons (Fsp3) is 0.561. The van der Waals surface area contributed by atoms with Crippen LogP contribution in [0.4, 0.5) is 0 Å². The van der Waals surface area contributed by atoms with Crippen LogP contribution in [0.2, 0.25) is 0 Å². The van der Waals surface area contributed by atoms with Crippen molar-refractivity contribution in [1.29, 1.82) is 0 Å². The van der Waals surface area contributed by atoms with E-state index in [1.807, 2.05) is 0 Å². The van der Waals surface area contributed by atoms with E-state index in [0.717, 1.165) is 51.6 Å². The molecule has 47 heavy (non-hydrogen) atoms. The third-order valence-corrected chi connectivity index (χ3v) is 10.8. The van der Waals surface area contributed by atoms with Gasteiger partial charge in [-0.15, -0.1) is 0 Å². The Hall–Kier alpha value is -2.59. The van der Waals surface area contributed by atoms with E-state index >= 15 is 0 Å². The second-order valence-electron chi connectivity index (χ2n) is 16.9. The van der Waals surface area contributed by atoms with Gasteiger partial charge in [0.05, 0.1) is 0 Å². The number of ether oxygens (including phenoxy) is 2. The monoisotopic (exact) mass is 662 g/mol. The molecule has 0 aliphatic rings. The molecule has 3 rings (SSSR count). The van der Waals surface area contributed by atoms with E-state index in [4.69, 9.17) is 9.47 Å². The summed E-state index contributed by atoms with van der Waals surface area (Å²) in [5.74, 6) is 2.21. The predicted octanol–water partition coefficient (Wildman–Crippen LogP) is 7.85. The van der Waals surface area contributed by atoms with E-state index in [2.05, 4.69) is 157 Å². The van der Waals surface area contributed by atoms with Gasteiger partial charge in [0.1, 0.15) is 30.5 Å². The van der Waals surface area contributed by atoms with Crippen LogP contribution < -0.4 is 25.4 Å². The van der Waals surface area contributed by atoms with E-state index in [-0.39, 0.29) is 16.2 Å². The standard InChI is InChI=1S/C41H63N2O3P/c1-27-21-30(39(4,5)6)36(44)33(24-27)47(34-25-28(2)22-31(40(7,8)9)37(34)45-19-17-42(13)14)35-26-29(3)23-32(41(10,11)12)38(35)46-20-18-43(15)16/h21-26,44H,17-20H2,1-16H3. The van der Waals surface area contributed by atoms with Crippen molar-refractivity contribution >= 4 is 23.8 Å². The summed E-state index contributed by atoms with van der Waals surface area (Å²) in [5, 5.41) is 15.5. The van der Waals surface area contributed by atoms with Crippen molar-refractivity contribution in [3.63, 3.8) is 0 Å². The Morgan fingerprint density at radius 2 is 0.851 bits per heavy atom. The Morgan fingerprint density at radius 3 is 1.17 bits per heavy atom. The topological polar surface area (TPSA) is 45.2 Å². The van der Waals surface area contributed by atoms with Gasteiger partial charge in [-0.05, 0) is 108 Å². The van der Waals surface area contributed by atoms with Crippen molar-refractivity contribution < 1.29 is 14.6 Å². The number of aromatic hydroxyl groups is 1. The second-order valence-corrected chi connectivity index (χ2v) is 19.0. The van der Waals surface area contributed by atoms with Crippen LogP contribution in [0.5, 0.6) is 17.2 Å². The van der Waals surface area contributed by atoms with E-state index in [0.29, 0.717) is 19.0 Å². The van der Waals surface area contributed by atoms with Crippen LogP contribution in [0.1, 0.15) is 95.7 Å². The first-order valence-corrected chi connectivity index (χ1v) is 18.4. The Labute approximate surface area is 288 Å². The molecule has 0 atom stereocenters. The summed E-state index contributed by atoms with van der Waals surface area (Å²) in [5.41, 5.74) is 6.25. The molecule has 0 saturated carbocycles. The quantitative estimate of drug-likeness (QED) is 0.212. The maximum absolute atomic E-state index is 12.3. The van der Waals surface area contributed by atoms with Gasteiger partial charge >= 0.3 is 0 Å². The summed E-state index contributed by atoms with van der Waals surface area (Å²) < 4.78 is 13.8. The van der Waals surface area contributed by atoms with Crippen LogP contribution in [0.25, 0.3) is 0 Å². The summed E-state index contributed by atoms with van der Waals surface area (Å²) in [7, 11) is 6.97.